The molecule has 3 heteroatoms. The smallest absolute Gasteiger partial charge is 0.129 e. The first-order chi connectivity index (χ1) is 7.88. The minimum absolute atomic E-state index is 0. The molecule has 0 aromatic heterocycles. The first-order valence-corrected chi connectivity index (χ1v) is 6.08. The van der Waals surface area contributed by atoms with Crippen LogP contribution in [0.3, 0.4) is 0 Å². The SMILES string of the molecule is C.CC(C)(C)N1CCC(c2ccc(F)cc2F)C1. The van der Waals surface area contributed by atoms with Gasteiger partial charge in [0, 0.05) is 24.1 Å². The summed E-state index contributed by atoms with van der Waals surface area (Å²) in [5, 5.41) is 0. The molecule has 0 bridgehead atoms. The predicted molar refractivity (Wildman–Crippen MR) is 71.8 cm³/mol. The summed E-state index contributed by atoms with van der Waals surface area (Å²) in [6.45, 7) is 8.32. The first kappa shape index (κ1) is 15.1. The van der Waals surface area contributed by atoms with Crippen LogP contribution >= 0.6 is 0 Å². The van der Waals surface area contributed by atoms with Crippen molar-refractivity contribution < 1.29 is 8.78 Å². The number of likely N-dealkylation sites (tertiary alicyclic amines) is 1. The second-order valence-electron chi connectivity index (χ2n) is 5.77. The molecule has 1 aliphatic rings. The second-order valence-corrected chi connectivity index (χ2v) is 5.77. The predicted octanol–water partition coefficient (Wildman–Crippen LogP) is 4.19. The molecule has 1 aliphatic heterocycles. The van der Waals surface area contributed by atoms with Gasteiger partial charge in [0.1, 0.15) is 11.6 Å². The zero-order chi connectivity index (χ0) is 12.6. The van der Waals surface area contributed by atoms with Crippen molar-refractivity contribution in [1.82, 2.24) is 4.90 Å². The van der Waals surface area contributed by atoms with Gasteiger partial charge in [-0.3, -0.25) is 4.90 Å². The molecule has 0 spiro atoms. The van der Waals surface area contributed by atoms with Crippen LogP contribution in [0.5, 0.6) is 0 Å². The van der Waals surface area contributed by atoms with Gasteiger partial charge < -0.3 is 0 Å². The van der Waals surface area contributed by atoms with Crippen LogP contribution in [-0.2, 0) is 0 Å². The number of hydrogen-bond donors (Lipinski definition) is 0. The van der Waals surface area contributed by atoms with Gasteiger partial charge >= 0.3 is 0 Å². The van der Waals surface area contributed by atoms with E-state index in [4.69, 9.17) is 0 Å². The van der Waals surface area contributed by atoms with Crippen molar-refractivity contribution in [3.8, 4) is 0 Å². The maximum absolute atomic E-state index is 13.7. The highest BCUT2D eigenvalue weighted by Gasteiger charge is 2.32. The zero-order valence-corrected chi connectivity index (χ0v) is 10.6. The van der Waals surface area contributed by atoms with E-state index in [9.17, 15) is 8.78 Å². The van der Waals surface area contributed by atoms with E-state index >= 15 is 0 Å². The Morgan fingerprint density at radius 1 is 1.22 bits per heavy atom. The van der Waals surface area contributed by atoms with E-state index < -0.39 is 11.6 Å². The highest BCUT2D eigenvalue weighted by Crippen LogP contribution is 2.32. The maximum atomic E-state index is 13.7. The summed E-state index contributed by atoms with van der Waals surface area (Å²) in [5.74, 6) is -0.725. The largest absolute Gasteiger partial charge is 0.298 e. The van der Waals surface area contributed by atoms with Crippen LogP contribution < -0.4 is 0 Å². The van der Waals surface area contributed by atoms with Crippen molar-refractivity contribution in [2.24, 2.45) is 0 Å². The Morgan fingerprint density at radius 3 is 2.39 bits per heavy atom. The second kappa shape index (κ2) is 5.35. The van der Waals surface area contributed by atoms with Crippen LogP contribution in [0.4, 0.5) is 8.78 Å². The zero-order valence-electron chi connectivity index (χ0n) is 10.6. The fourth-order valence-electron chi connectivity index (χ4n) is 2.46. The summed E-state index contributed by atoms with van der Waals surface area (Å²) in [7, 11) is 0. The molecule has 2 rings (SSSR count). The summed E-state index contributed by atoms with van der Waals surface area (Å²) in [4.78, 5) is 2.35. The summed E-state index contributed by atoms with van der Waals surface area (Å²) >= 11 is 0. The van der Waals surface area contributed by atoms with E-state index in [0.717, 1.165) is 25.6 Å². The molecule has 1 saturated heterocycles. The lowest BCUT2D eigenvalue weighted by Gasteiger charge is -2.31. The third kappa shape index (κ3) is 3.08. The molecule has 0 aliphatic carbocycles. The van der Waals surface area contributed by atoms with Gasteiger partial charge in [-0.2, -0.15) is 0 Å². The van der Waals surface area contributed by atoms with E-state index in [0.29, 0.717) is 5.56 Å². The molecule has 1 fully saturated rings. The van der Waals surface area contributed by atoms with Crippen LogP contribution in [0.25, 0.3) is 0 Å². The lowest BCUT2D eigenvalue weighted by Crippen LogP contribution is -2.39. The lowest BCUT2D eigenvalue weighted by molar-refractivity contribution is 0.172. The third-order valence-electron chi connectivity index (χ3n) is 3.54. The Kier molecular flexibility index (Phi) is 4.49. The Balaban J connectivity index is 0.00000162. The number of nitrogens with zero attached hydrogens (tertiary/aromatic N) is 1. The van der Waals surface area contributed by atoms with Crippen molar-refractivity contribution in [1.29, 1.82) is 0 Å². The molecule has 1 heterocycles. The molecule has 1 aromatic rings. The molecule has 0 amide bonds. The van der Waals surface area contributed by atoms with Gasteiger partial charge in [0.05, 0.1) is 0 Å². The standard InChI is InChI=1S/C14H19F2N.CH4/c1-14(2,3)17-7-6-10(9-17)12-5-4-11(15)8-13(12)16;/h4-5,8,10H,6-7,9H2,1-3H3;1H4. The summed E-state index contributed by atoms with van der Waals surface area (Å²) in [5.41, 5.74) is 0.767. The minimum atomic E-state index is -0.503. The molecular weight excluding hydrogens is 232 g/mol. The van der Waals surface area contributed by atoms with Gasteiger partial charge in [-0.25, -0.2) is 8.78 Å². The Bertz CT molecular complexity index is 409. The lowest BCUT2D eigenvalue weighted by atomic mass is 9.97. The number of rotatable bonds is 1. The molecular formula is C15H23F2N. The molecule has 1 nitrogen and oxygen atoms in total. The fraction of sp³-hybridized carbons (Fsp3) is 0.600. The van der Waals surface area contributed by atoms with Gasteiger partial charge in [0.2, 0.25) is 0 Å². The highest BCUT2D eigenvalue weighted by atomic mass is 19.1. The minimum Gasteiger partial charge on any atom is -0.298 e. The van der Waals surface area contributed by atoms with E-state index in [1.54, 1.807) is 6.07 Å². The average Bonchev–Trinajstić information content (AvgIpc) is 2.65. The quantitative estimate of drug-likeness (QED) is 0.727. The van der Waals surface area contributed by atoms with Crippen LogP contribution in [0.2, 0.25) is 0 Å². The van der Waals surface area contributed by atoms with E-state index in [1.807, 2.05) is 0 Å². The molecule has 1 aromatic carbocycles. The van der Waals surface area contributed by atoms with Crippen molar-refractivity contribution in [3.63, 3.8) is 0 Å². The summed E-state index contributed by atoms with van der Waals surface area (Å²) < 4.78 is 26.5. The maximum Gasteiger partial charge on any atom is 0.129 e. The highest BCUT2D eigenvalue weighted by molar-refractivity contribution is 5.24. The summed E-state index contributed by atoms with van der Waals surface area (Å²) in [6.07, 6.45) is 0.944. The Morgan fingerprint density at radius 2 is 1.89 bits per heavy atom. The summed E-state index contributed by atoms with van der Waals surface area (Å²) in [6, 6.07) is 3.91. The van der Waals surface area contributed by atoms with Crippen LogP contribution in [0.1, 0.15) is 46.1 Å². The van der Waals surface area contributed by atoms with Crippen molar-refractivity contribution in [3.05, 3.63) is 35.4 Å². The molecule has 1 unspecified atom stereocenters. The van der Waals surface area contributed by atoms with Crippen LogP contribution in [-0.4, -0.2) is 23.5 Å². The van der Waals surface area contributed by atoms with Gasteiger partial charge in [0.15, 0.2) is 0 Å². The van der Waals surface area contributed by atoms with Crippen molar-refractivity contribution in [2.75, 3.05) is 13.1 Å². The average molecular weight is 255 g/mol. The monoisotopic (exact) mass is 255 g/mol. The van der Waals surface area contributed by atoms with E-state index in [-0.39, 0.29) is 18.9 Å². The fourth-order valence-corrected chi connectivity index (χ4v) is 2.46. The normalized spacial score (nSPS) is 20.8. The van der Waals surface area contributed by atoms with E-state index in [2.05, 4.69) is 25.7 Å². The topological polar surface area (TPSA) is 3.24 Å². The number of benzene rings is 1. The number of halogens is 2. The van der Waals surface area contributed by atoms with Gasteiger partial charge in [-0.05, 0) is 45.4 Å². The molecule has 102 valence electrons. The van der Waals surface area contributed by atoms with Crippen LogP contribution in [0.15, 0.2) is 18.2 Å². The molecule has 0 radical (unpaired) electrons. The number of hydrogen-bond acceptors (Lipinski definition) is 1. The van der Waals surface area contributed by atoms with Crippen molar-refractivity contribution in [2.45, 2.75) is 46.1 Å². The van der Waals surface area contributed by atoms with Gasteiger partial charge in [0.25, 0.3) is 0 Å². The van der Waals surface area contributed by atoms with Crippen molar-refractivity contribution >= 4 is 0 Å². The third-order valence-corrected chi connectivity index (χ3v) is 3.54. The van der Waals surface area contributed by atoms with Crippen LogP contribution in [0, 0.1) is 11.6 Å². The van der Waals surface area contributed by atoms with Gasteiger partial charge in [-0.15, -0.1) is 0 Å². The molecule has 18 heavy (non-hydrogen) atoms. The van der Waals surface area contributed by atoms with E-state index in [1.165, 1.54) is 6.07 Å². The van der Waals surface area contributed by atoms with Gasteiger partial charge in [-0.1, -0.05) is 13.5 Å². The first-order valence-electron chi connectivity index (χ1n) is 6.08. The molecule has 1 atom stereocenters. The Labute approximate surface area is 109 Å². The molecule has 0 N–H and O–H groups in total. The Hall–Kier alpha value is -0.960. The molecule has 0 saturated carbocycles.